The van der Waals surface area contributed by atoms with Crippen molar-refractivity contribution in [2.24, 2.45) is 0 Å². The second-order valence-corrected chi connectivity index (χ2v) is 4.56. The minimum absolute atomic E-state index is 0.143. The summed E-state index contributed by atoms with van der Waals surface area (Å²) in [6.07, 6.45) is 0.143. The third-order valence-corrected chi connectivity index (χ3v) is 3.23. The van der Waals surface area contributed by atoms with E-state index in [1.165, 1.54) is 7.05 Å². The number of amides is 2. The molecule has 2 amide bonds. The second kappa shape index (κ2) is 4.04. The summed E-state index contributed by atoms with van der Waals surface area (Å²) >= 11 is 0. The quantitative estimate of drug-likeness (QED) is 0.780. The molecule has 0 aliphatic carbocycles. The van der Waals surface area contributed by atoms with Gasteiger partial charge in [0.05, 0.1) is 6.42 Å². The molecule has 0 spiro atoms. The van der Waals surface area contributed by atoms with Crippen molar-refractivity contribution in [3.8, 4) is 0 Å². The maximum Gasteiger partial charge on any atom is 0.252 e. The molecule has 1 aliphatic heterocycles. The SMILES string of the molecule is Cc1cccc2nc(NC3CC(=O)N(C)C3=O)nn12. The summed E-state index contributed by atoms with van der Waals surface area (Å²) in [6, 6.07) is 5.07. The highest BCUT2D eigenvalue weighted by Gasteiger charge is 2.36. The lowest BCUT2D eigenvalue weighted by atomic mass is 10.2. The Hall–Kier alpha value is -2.44. The number of hydrogen-bond donors (Lipinski definition) is 1. The Morgan fingerprint density at radius 2 is 2.16 bits per heavy atom. The van der Waals surface area contributed by atoms with Crippen LogP contribution in [0.25, 0.3) is 5.65 Å². The zero-order chi connectivity index (χ0) is 13.6. The van der Waals surface area contributed by atoms with Gasteiger partial charge in [0, 0.05) is 12.7 Å². The van der Waals surface area contributed by atoms with Crippen LogP contribution in [0.15, 0.2) is 18.2 Å². The lowest BCUT2D eigenvalue weighted by molar-refractivity contribution is -0.136. The van der Waals surface area contributed by atoms with E-state index in [4.69, 9.17) is 0 Å². The number of likely N-dealkylation sites (N-methyl/N-ethyl adjacent to an activating group) is 1. The number of fused-ring (bicyclic) bond motifs is 1. The molecule has 0 saturated carbocycles. The van der Waals surface area contributed by atoms with E-state index in [0.29, 0.717) is 11.6 Å². The first kappa shape index (κ1) is 11.6. The van der Waals surface area contributed by atoms with Crippen LogP contribution in [-0.2, 0) is 9.59 Å². The molecule has 1 N–H and O–H groups in total. The van der Waals surface area contributed by atoms with Gasteiger partial charge in [0.15, 0.2) is 5.65 Å². The molecule has 1 unspecified atom stereocenters. The van der Waals surface area contributed by atoms with Crippen LogP contribution in [0.2, 0.25) is 0 Å². The van der Waals surface area contributed by atoms with Gasteiger partial charge in [-0.1, -0.05) is 6.07 Å². The van der Waals surface area contributed by atoms with Gasteiger partial charge >= 0.3 is 0 Å². The maximum atomic E-state index is 11.8. The van der Waals surface area contributed by atoms with Crippen LogP contribution in [-0.4, -0.2) is 44.4 Å². The highest BCUT2D eigenvalue weighted by Crippen LogP contribution is 2.16. The first-order valence-corrected chi connectivity index (χ1v) is 5.95. The van der Waals surface area contributed by atoms with Gasteiger partial charge in [-0.3, -0.25) is 14.5 Å². The van der Waals surface area contributed by atoms with Crippen LogP contribution in [0.5, 0.6) is 0 Å². The Morgan fingerprint density at radius 1 is 1.37 bits per heavy atom. The normalized spacial score (nSPS) is 19.5. The van der Waals surface area contributed by atoms with Crippen molar-refractivity contribution in [3.05, 3.63) is 23.9 Å². The molecule has 1 saturated heterocycles. The molecular weight excluding hydrogens is 246 g/mol. The summed E-state index contributed by atoms with van der Waals surface area (Å²) in [5.41, 5.74) is 1.65. The molecule has 2 aromatic heterocycles. The standard InChI is InChI=1S/C12H13N5O2/c1-7-4-3-5-9-14-12(15-17(7)9)13-8-6-10(18)16(2)11(8)19/h3-5,8H,6H2,1-2H3,(H,13,15). The number of pyridine rings is 1. The molecule has 98 valence electrons. The zero-order valence-corrected chi connectivity index (χ0v) is 10.6. The van der Waals surface area contributed by atoms with Gasteiger partial charge in [-0.15, -0.1) is 5.10 Å². The van der Waals surface area contributed by atoms with Crippen molar-refractivity contribution < 1.29 is 9.59 Å². The maximum absolute atomic E-state index is 11.8. The number of carbonyl (C=O) groups excluding carboxylic acids is 2. The Morgan fingerprint density at radius 3 is 2.79 bits per heavy atom. The largest absolute Gasteiger partial charge is 0.341 e. The van der Waals surface area contributed by atoms with Crippen molar-refractivity contribution >= 4 is 23.4 Å². The average molecular weight is 259 g/mol. The van der Waals surface area contributed by atoms with E-state index in [1.54, 1.807) is 4.52 Å². The molecule has 3 rings (SSSR count). The fourth-order valence-corrected chi connectivity index (χ4v) is 2.12. The van der Waals surface area contributed by atoms with E-state index in [-0.39, 0.29) is 18.2 Å². The van der Waals surface area contributed by atoms with Crippen LogP contribution in [0, 0.1) is 6.92 Å². The van der Waals surface area contributed by atoms with E-state index in [1.807, 2.05) is 25.1 Å². The van der Waals surface area contributed by atoms with Crippen LogP contribution < -0.4 is 5.32 Å². The topological polar surface area (TPSA) is 79.6 Å². The number of anilines is 1. The van der Waals surface area contributed by atoms with Crippen molar-refractivity contribution in [2.75, 3.05) is 12.4 Å². The minimum atomic E-state index is -0.574. The van der Waals surface area contributed by atoms with Crippen LogP contribution in [0.4, 0.5) is 5.95 Å². The number of likely N-dealkylation sites (tertiary alicyclic amines) is 1. The zero-order valence-electron chi connectivity index (χ0n) is 10.6. The lowest BCUT2D eigenvalue weighted by Crippen LogP contribution is -2.32. The van der Waals surface area contributed by atoms with Crippen molar-refractivity contribution in [3.63, 3.8) is 0 Å². The van der Waals surface area contributed by atoms with Gasteiger partial charge in [0.1, 0.15) is 6.04 Å². The predicted octanol–water partition coefficient (Wildman–Crippen LogP) is 0.207. The summed E-state index contributed by atoms with van der Waals surface area (Å²) in [7, 11) is 1.48. The number of nitrogens with zero attached hydrogens (tertiary/aromatic N) is 4. The third-order valence-electron chi connectivity index (χ3n) is 3.23. The average Bonchev–Trinajstić information content (AvgIpc) is 2.89. The monoisotopic (exact) mass is 259 g/mol. The fourth-order valence-electron chi connectivity index (χ4n) is 2.12. The van der Waals surface area contributed by atoms with E-state index in [0.717, 1.165) is 10.6 Å². The van der Waals surface area contributed by atoms with Gasteiger partial charge in [-0.05, 0) is 19.1 Å². The highest BCUT2D eigenvalue weighted by atomic mass is 16.2. The van der Waals surface area contributed by atoms with E-state index < -0.39 is 6.04 Å². The minimum Gasteiger partial charge on any atom is -0.341 e. The van der Waals surface area contributed by atoms with E-state index in [9.17, 15) is 9.59 Å². The van der Waals surface area contributed by atoms with Gasteiger partial charge in [0.2, 0.25) is 11.9 Å². The first-order valence-electron chi connectivity index (χ1n) is 5.95. The number of aromatic nitrogens is 3. The Labute approximate surface area is 109 Å². The summed E-state index contributed by atoms with van der Waals surface area (Å²) in [4.78, 5) is 28.6. The predicted molar refractivity (Wildman–Crippen MR) is 67.5 cm³/mol. The Bertz CT molecular complexity index is 678. The molecule has 0 aromatic carbocycles. The molecule has 1 atom stereocenters. The Balaban J connectivity index is 1.88. The molecule has 0 bridgehead atoms. The van der Waals surface area contributed by atoms with E-state index in [2.05, 4.69) is 15.4 Å². The van der Waals surface area contributed by atoms with Gasteiger partial charge in [-0.25, -0.2) is 4.52 Å². The molecule has 2 aromatic rings. The van der Waals surface area contributed by atoms with E-state index >= 15 is 0 Å². The number of carbonyl (C=O) groups is 2. The third kappa shape index (κ3) is 1.83. The van der Waals surface area contributed by atoms with Gasteiger partial charge in [0.25, 0.3) is 5.91 Å². The van der Waals surface area contributed by atoms with Gasteiger partial charge in [-0.2, -0.15) is 4.98 Å². The molecule has 7 nitrogen and oxygen atoms in total. The van der Waals surface area contributed by atoms with Gasteiger partial charge < -0.3 is 5.32 Å². The summed E-state index contributed by atoms with van der Waals surface area (Å²) in [5, 5.41) is 7.19. The summed E-state index contributed by atoms with van der Waals surface area (Å²) in [5.74, 6) is -0.0845. The van der Waals surface area contributed by atoms with Crippen LogP contribution >= 0.6 is 0 Å². The van der Waals surface area contributed by atoms with Crippen molar-refractivity contribution in [1.82, 2.24) is 19.5 Å². The summed E-state index contributed by atoms with van der Waals surface area (Å²) < 4.78 is 1.69. The molecule has 1 fully saturated rings. The van der Waals surface area contributed by atoms with Crippen LogP contribution in [0.3, 0.4) is 0 Å². The molecule has 3 heterocycles. The second-order valence-electron chi connectivity index (χ2n) is 4.56. The molecule has 1 aliphatic rings. The number of imide groups is 1. The number of hydrogen-bond acceptors (Lipinski definition) is 5. The highest BCUT2D eigenvalue weighted by molar-refractivity contribution is 6.06. The fraction of sp³-hybridized carbons (Fsp3) is 0.333. The number of aryl methyl sites for hydroxylation is 1. The number of rotatable bonds is 2. The Kier molecular flexibility index (Phi) is 2.48. The van der Waals surface area contributed by atoms with Crippen LogP contribution in [0.1, 0.15) is 12.1 Å². The van der Waals surface area contributed by atoms with Crippen molar-refractivity contribution in [2.45, 2.75) is 19.4 Å². The molecule has 19 heavy (non-hydrogen) atoms. The smallest absolute Gasteiger partial charge is 0.252 e. The first-order chi connectivity index (χ1) is 9.06. The molecule has 7 heteroatoms. The molecule has 0 radical (unpaired) electrons. The number of nitrogens with one attached hydrogen (secondary N) is 1. The lowest BCUT2D eigenvalue weighted by Gasteiger charge is -2.08. The van der Waals surface area contributed by atoms with Crippen molar-refractivity contribution in [1.29, 1.82) is 0 Å². The molecular formula is C12H13N5O2. The summed E-state index contributed by atoms with van der Waals surface area (Å²) in [6.45, 7) is 1.92.